The number of hydrogen-bond acceptors (Lipinski definition) is 4. The second-order valence-corrected chi connectivity index (χ2v) is 6.92. The molecule has 0 bridgehead atoms. The molecule has 0 spiro atoms. The van der Waals surface area contributed by atoms with Crippen molar-refractivity contribution in [1.29, 1.82) is 0 Å². The van der Waals surface area contributed by atoms with Crippen LogP contribution in [0.3, 0.4) is 0 Å². The van der Waals surface area contributed by atoms with Gasteiger partial charge in [-0.15, -0.1) is 0 Å². The fourth-order valence-electron chi connectivity index (χ4n) is 2.65. The molecule has 0 aliphatic carbocycles. The van der Waals surface area contributed by atoms with Gasteiger partial charge in [0.2, 0.25) is 0 Å². The summed E-state index contributed by atoms with van der Waals surface area (Å²) in [5.41, 5.74) is 1.87. The van der Waals surface area contributed by atoms with E-state index in [0.717, 1.165) is 5.56 Å². The van der Waals surface area contributed by atoms with E-state index in [1.165, 1.54) is 0 Å². The van der Waals surface area contributed by atoms with Crippen molar-refractivity contribution in [1.82, 2.24) is 4.98 Å². The molecule has 1 atom stereocenters. The number of hydrogen-bond donors (Lipinski definition) is 0. The molecule has 4 heteroatoms. The number of benzene rings is 1. The summed E-state index contributed by atoms with van der Waals surface area (Å²) in [5, 5.41) is 0. The molecule has 3 rings (SSSR count). The van der Waals surface area contributed by atoms with Gasteiger partial charge in [0.15, 0.2) is 0 Å². The lowest BCUT2D eigenvalue weighted by Gasteiger charge is -2.23. The molecular weight excluding hydrogens is 314 g/mol. The van der Waals surface area contributed by atoms with Crippen LogP contribution in [0.15, 0.2) is 54.7 Å². The number of ether oxygens (including phenoxy) is 2. The molecular formula is C21H23NO3. The van der Waals surface area contributed by atoms with Crippen LogP contribution in [0.5, 0.6) is 0 Å². The lowest BCUT2D eigenvalue weighted by molar-refractivity contribution is 0.0471. The van der Waals surface area contributed by atoms with Gasteiger partial charge in [0.25, 0.3) is 0 Å². The van der Waals surface area contributed by atoms with Gasteiger partial charge in [-0.3, -0.25) is 4.98 Å². The summed E-state index contributed by atoms with van der Waals surface area (Å²) in [5.74, 6) is 0.695. The quantitative estimate of drug-likeness (QED) is 0.755. The molecule has 1 aliphatic rings. The van der Waals surface area contributed by atoms with Crippen molar-refractivity contribution in [3.8, 4) is 0 Å². The first kappa shape index (κ1) is 17.2. The van der Waals surface area contributed by atoms with Crippen molar-refractivity contribution >= 4 is 11.7 Å². The highest BCUT2D eigenvalue weighted by molar-refractivity contribution is 5.94. The van der Waals surface area contributed by atoms with Crippen LogP contribution in [0.25, 0.3) is 5.76 Å². The molecule has 0 saturated carbocycles. The van der Waals surface area contributed by atoms with E-state index >= 15 is 0 Å². The van der Waals surface area contributed by atoms with Crippen molar-refractivity contribution in [2.24, 2.45) is 11.3 Å². The Balaban J connectivity index is 1.81. The van der Waals surface area contributed by atoms with Crippen LogP contribution < -0.4 is 0 Å². The lowest BCUT2D eigenvalue weighted by atomic mass is 9.80. The highest BCUT2D eigenvalue weighted by Gasteiger charge is 2.35. The van der Waals surface area contributed by atoms with E-state index in [0.29, 0.717) is 29.5 Å². The normalized spacial score (nSPS) is 19.4. The molecule has 4 nitrogen and oxygen atoms in total. The minimum atomic E-state index is -0.394. The average Bonchev–Trinajstić information content (AvgIpc) is 3.04. The molecule has 1 unspecified atom stereocenters. The van der Waals surface area contributed by atoms with Gasteiger partial charge in [-0.05, 0) is 29.7 Å². The van der Waals surface area contributed by atoms with Gasteiger partial charge in [-0.25, -0.2) is 4.79 Å². The Kier molecular flexibility index (Phi) is 4.88. The Hall–Kier alpha value is -2.62. The van der Waals surface area contributed by atoms with Crippen LogP contribution in [0.1, 0.15) is 42.4 Å². The Morgan fingerprint density at radius 3 is 2.68 bits per heavy atom. The van der Waals surface area contributed by atoms with E-state index in [9.17, 15) is 4.79 Å². The Morgan fingerprint density at radius 1 is 1.24 bits per heavy atom. The van der Waals surface area contributed by atoms with Crippen LogP contribution in [0, 0.1) is 11.3 Å². The molecule has 1 aliphatic heterocycles. The fourth-order valence-corrected chi connectivity index (χ4v) is 2.65. The van der Waals surface area contributed by atoms with Gasteiger partial charge >= 0.3 is 5.97 Å². The van der Waals surface area contributed by atoms with E-state index in [-0.39, 0.29) is 12.0 Å². The zero-order chi connectivity index (χ0) is 17.9. The smallest absolute Gasteiger partial charge is 0.340 e. The molecule has 0 amide bonds. The predicted molar refractivity (Wildman–Crippen MR) is 96.7 cm³/mol. The van der Waals surface area contributed by atoms with Crippen LogP contribution >= 0.6 is 0 Å². The number of rotatable bonds is 5. The average molecular weight is 337 g/mol. The number of aromatic nitrogens is 1. The topological polar surface area (TPSA) is 48.4 Å². The third-order valence-corrected chi connectivity index (χ3v) is 4.79. The van der Waals surface area contributed by atoms with Crippen molar-refractivity contribution < 1.29 is 14.3 Å². The van der Waals surface area contributed by atoms with Crippen molar-refractivity contribution in [2.45, 2.75) is 27.4 Å². The van der Waals surface area contributed by atoms with E-state index in [4.69, 9.17) is 9.47 Å². The van der Waals surface area contributed by atoms with Crippen LogP contribution in [0.2, 0.25) is 0 Å². The molecule has 0 radical (unpaired) electrons. The first-order chi connectivity index (χ1) is 12.0. The predicted octanol–water partition coefficient (Wildman–Crippen LogP) is 4.47. The van der Waals surface area contributed by atoms with Crippen molar-refractivity contribution in [3.63, 3.8) is 0 Å². The highest BCUT2D eigenvalue weighted by Crippen LogP contribution is 2.39. The van der Waals surface area contributed by atoms with E-state index < -0.39 is 5.97 Å². The van der Waals surface area contributed by atoms with Crippen molar-refractivity contribution in [3.05, 3.63) is 71.6 Å². The summed E-state index contributed by atoms with van der Waals surface area (Å²) in [4.78, 5) is 16.9. The highest BCUT2D eigenvalue weighted by atomic mass is 16.5. The molecule has 2 aromatic rings. The number of nitrogens with zero attached hydrogens (tertiary/aromatic N) is 1. The van der Waals surface area contributed by atoms with Crippen molar-refractivity contribution in [2.75, 3.05) is 6.61 Å². The summed E-state index contributed by atoms with van der Waals surface area (Å²) in [6.45, 7) is 7.31. The number of pyridine rings is 1. The van der Waals surface area contributed by atoms with E-state index in [1.807, 2.05) is 30.3 Å². The lowest BCUT2D eigenvalue weighted by Crippen LogP contribution is -2.22. The van der Waals surface area contributed by atoms with Crippen LogP contribution in [-0.2, 0) is 16.1 Å². The SMILES string of the molecule is CC(C)C1(C)C=C(c2ncccc2C(=O)OCc2ccccc2)OC1. The number of carbonyl (C=O) groups excluding carboxylic acids is 1. The second-order valence-electron chi connectivity index (χ2n) is 6.92. The van der Waals surface area contributed by atoms with Gasteiger partial charge in [0.05, 0.1) is 12.2 Å². The molecule has 0 saturated heterocycles. The molecule has 1 aromatic heterocycles. The van der Waals surface area contributed by atoms with E-state index in [1.54, 1.807) is 18.3 Å². The first-order valence-electron chi connectivity index (χ1n) is 8.52. The monoisotopic (exact) mass is 337 g/mol. The standard InChI is InChI=1S/C21H23NO3/c1-15(2)21(3)12-18(25-14-21)19-17(10-7-11-22-19)20(23)24-13-16-8-5-4-6-9-16/h4-12,15H,13-14H2,1-3H3. The Morgan fingerprint density at radius 2 is 2.00 bits per heavy atom. The minimum absolute atomic E-state index is 0.0575. The molecule has 130 valence electrons. The molecule has 25 heavy (non-hydrogen) atoms. The summed E-state index contributed by atoms with van der Waals surface area (Å²) in [6.07, 6.45) is 3.74. The maximum Gasteiger partial charge on any atom is 0.340 e. The first-order valence-corrected chi connectivity index (χ1v) is 8.52. The summed E-state index contributed by atoms with van der Waals surface area (Å²) in [7, 11) is 0. The summed E-state index contributed by atoms with van der Waals surface area (Å²) >= 11 is 0. The number of carbonyl (C=O) groups is 1. The summed E-state index contributed by atoms with van der Waals surface area (Å²) < 4.78 is 11.3. The van der Waals surface area contributed by atoms with Gasteiger partial charge in [-0.1, -0.05) is 51.1 Å². The maximum atomic E-state index is 12.5. The molecule has 0 fully saturated rings. The zero-order valence-corrected chi connectivity index (χ0v) is 14.9. The van der Waals surface area contributed by atoms with Gasteiger partial charge in [0, 0.05) is 11.6 Å². The summed E-state index contributed by atoms with van der Waals surface area (Å²) in [6, 6.07) is 13.1. The van der Waals surface area contributed by atoms with Gasteiger partial charge in [-0.2, -0.15) is 0 Å². The third kappa shape index (κ3) is 3.73. The van der Waals surface area contributed by atoms with Gasteiger partial charge < -0.3 is 9.47 Å². The zero-order valence-electron chi connectivity index (χ0n) is 14.9. The molecule has 1 aromatic carbocycles. The third-order valence-electron chi connectivity index (χ3n) is 4.79. The fraction of sp³-hybridized carbons (Fsp3) is 0.333. The number of esters is 1. The Bertz CT molecular complexity index is 783. The van der Waals surface area contributed by atoms with Crippen LogP contribution in [0.4, 0.5) is 0 Å². The minimum Gasteiger partial charge on any atom is -0.491 e. The molecule has 2 heterocycles. The van der Waals surface area contributed by atoms with E-state index in [2.05, 4.69) is 31.8 Å². The van der Waals surface area contributed by atoms with Gasteiger partial charge in [0.1, 0.15) is 18.1 Å². The van der Waals surface area contributed by atoms with Crippen LogP contribution in [-0.4, -0.2) is 17.6 Å². The largest absolute Gasteiger partial charge is 0.491 e. The Labute approximate surface area is 148 Å². The second kappa shape index (κ2) is 7.09. The molecule has 0 N–H and O–H groups in total. The maximum absolute atomic E-state index is 12.5.